The maximum atomic E-state index is 12.4. The Hall–Kier alpha value is -2.57. The Bertz CT molecular complexity index is 716. The first kappa shape index (κ1) is 22.7. The minimum absolute atomic E-state index is 0.0931. The molecule has 0 saturated carbocycles. The number of hydrogen-bond donors (Lipinski definition) is 1. The molecule has 0 bridgehead atoms. The number of nitrogens with zero attached hydrogens (tertiary/aromatic N) is 1. The molecule has 1 aromatic rings. The second-order valence-corrected chi connectivity index (χ2v) is 8.46. The Morgan fingerprint density at radius 2 is 1.72 bits per heavy atom. The number of piperidine rings is 1. The van der Waals surface area contributed by atoms with Crippen LogP contribution in [0.25, 0.3) is 0 Å². The van der Waals surface area contributed by atoms with E-state index in [9.17, 15) is 14.4 Å². The number of ether oxygens (including phenoxy) is 2. The maximum absolute atomic E-state index is 12.4. The second-order valence-electron chi connectivity index (χ2n) is 8.46. The third kappa shape index (κ3) is 6.48. The molecule has 1 aromatic carbocycles. The Balaban J connectivity index is 1.76. The summed E-state index contributed by atoms with van der Waals surface area (Å²) in [6.07, 6.45) is 0.247. The van der Waals surface area contributed by atoms with E-state index in [4.69, 9.17) is 9.47 Å². The summed E-state index contributed by atoms with van der Waals surface area (Å²) in [5, 5.41) is 2.77. The zero-order chi connectivity index (χ0) is 21.6. The number of nitrogens with one attached hydrogen (secondary N) is 1. The molecule has 1 saturated heterocycles. The van der Waals surface area contributed by atoms with E-state index >= 15 is 0 Å². The summed E-state index contributed by atoms with van der Waals surface area (Å²) in [5.41, 5.74) is 0.498. The number of rotatable bonds is 6. The fourth-order valence-corrected chi connectivity index (χ4v) is 3.19. The van der Waals surface area contributed by atoms with E-state index in [0.717, 1.165) is 11.3 Å². The highest BCUT2D eigenvalue weighted by molar-refractivity contribution is 5.84. The number of carbonyl (C=O) groups is 3. The molecule has 1 aliphatic heterocycles. The van der Waals surface area contributed by atoms with Gasteiger partial charge in [0.25, 0.3) is 5.91 Å². The minimum atomic E-state index is -0.866. The van der Waals surface area contributed by atoms with Gasteiger partial charge in [-0.2, -0.15) is 0 Å². The number of hydrogen-bond acceptors (Lipinski definition) is 5. The van der Waals surface area contributed by atoms with Crippen molar-refractivity contribution in [2.45, 2.75) is 53.2 Å². The quantitative estimate of drug-likeness (QED) is 0.737. The first-order valence-corrected chi connectivity index (χ1v) is 10.0. The summed E-state index contributed by atoms with van der Waals surface area (Å²) in [5.74, 6) is -0.154. The zero-order valence-electron chi connectivity index (χ0n) is 18.0. The lowest BCUT2D eigenvalue weighted by atomic mass is 9.91. The maximum Gasteiger partial charge on any atom is 0.309 e. The second kappa shape index (κ2) is 9.76. The molecular formula is C22H32N2O5. The number of carbonyl (C=O) groups excluding carboxylic acids is 3. The molecule has 1 N–H and O–H groups in total. The van der Waals surface area contributed by atoms with Crippen molar-refractivity contribution in [3.63, 3.8) is 0 Å². The van der Waals surface area contributed by atoms with Crippen LogP contribution in [-0.2, 0) is 25.7 Å². The van der Waals surface area contributed by atoms with Gasteiger partial charge in [-0.05, 0) is 37.5 Å². The highest BCUT2D eigenvalue weighted by Gasteiger charge is 2.33. The SMILES string of the molecule is COc1ccc(CNC(=O)[C@H](C)OC(=O)C2CCN(C(=O)C(C)(C)C)CC2)cc1. The third-order valence-electron chi connectivity index (χ3n) is 5.05. The van der Waals surface area contributed by atoms with E-state index in [1.54, 1.807) is 18.9 Å². The minimum Gasteiger partial charge on any atom is -0.497 e. The van der Waals surface area contributed by atoms with Gasteiger partial charge in [-0.1, -0.05) is 32.9 Å². The standard InChI is InChI=1S/C22H32N2O5/c1-15(19(25)23-14-16-6-8-18(28-5)9-7-16)29-20(26)17-10-12-24(13-11-17)21(27)22(2,3)4/h6-9,15,17H,10-14H2,1-5H3,(H,23,25)/t15-/m0/s1. The number of benzene rings is 1. The molecule has 0 unspecified atom stereocenters. The fraction of sp³-hybridized carbons (Fsp3) is 0.591. The van der Waals surface area contributed by atoms with Crippen LogP contribution in [0.2, 0.25) is 0 Å². The van der Waals surface area contributed by atoms with Crippen molar-refractivity contribution in [2.24, 2.45) is 11.3 Å². The van der Waals surface area contributed by atoms with Gasteiger partial charge in [0.05, 0.1) is 13.0 Å². The lowest BCUT2D eigenvalue weighted by Crippen LogP contribution is -2.46. The Morgan fingerprint density at radius 3 is 2.24 bits per heavy atom. The van der Waals surface area contributed by atoms with Gasteiger partial charge in [0.1, 0.15) is 5.75 Å². The normalized spacial score (nSPS) is 16.1. The predicted octanol–water partition coefficient (Wildman–Crippen LogP) is 2.53. The highest BCUT2D eigenvalue weighted by atomic mass is 16.5. The topological polar surface area (TPSA) is 84.9 Å². The molecule has 1 atom stereocenters. The molecule has 0 spiro atoms. The monoisotopic (exact) mass is 404 g/mol. The summed E-state index contributed by atoms with van der Waals surface area (Å²) in [7, 11) is 1.60. The number of methoxy groups -OCH3 is 1. The summed E-state index contributed by atoms with van der Waals surface area (Å²) in [6.45, 7) is 8.66. The van der Waals surface area contributed by atoms with Crippen LogP contribution in [-0.4, -0.2) is 49.0 Å². The van der Waals surface area contributed by atoms with Gasteiger partial charge in [0, 0.05) is 25.0 Å². The van der Waals surface area contributed by atoms with Crippen LogP contribution in [0.1, 0.15) is 46.1 Å². The Morgan fingerprint density at radius 1 is 1.14 bits per heavy atom. The van der Waals surface area contributed by atoms with E-state index in [2.05, 4.69) is 5.32 Å². The van der Waals surface area contributed by atoms with Crippen molar-refractivity contribution in [1.29, 1.82) is 0 Å². The van der Waals surface area contributed by atoms with Gasteiger partial charge in [-0.15, -0.1) is 0 Å². The van der Waals surface area contributed by atoms with Crippen molar-refractivity contribution < 1.29 is 23.9 Å². The summed E-state index contributed by atoms with van der Waals surface area (Å²) < 4.78 is 10.5. The molecule has 7 nitrogen and oxygen atoms in total. The van der Waals surface area contributed by atoms with Crippen LogP contribution in [0.3, 0.4) is 0 Å². The average molecular weight is 405 g/mol. The summed E-state index contributed by atoms with van der Waals surface area (Å²) in [6, 6.07) is 7.37. The third-order valence-corrected chi connectivity index (χ3v) is 5.05. The smallest absolute Gasteiger partial charge is 0.309 e. The number of likely N-dealkylation sites (tertiary alicyclic amines) is 1. The van der Waals surface area contributed by atoms with E-state index in [-0.39, 0.29) is 23.7 Å². The molecule has 2 amide bonds. The lowest BCUT2D eigenvalue weighted by Gasteiger charge is -2.35. The van der Waals surface area contributed by atoms with Crippen molar-refractivity contribution >= 4 is 17.8 Å². The molecule has 1 heterocycles. The van der Waals surface area contributed by atoms with Gasteiger partial charge in [0.2, 0.25) is 5.91 Å². The van der Waals surface area contributed by atoms with Crippen molar-refractivity contribution in [1.82, 2.24) is 10.2 Å². The van der Waals surface area contributed by atoms with Gasteiger partial charge in [-0.3, -0.25) is 14.4 Å². The molecule has 0 aliphatic carbocycles. The largest absolute Gasteiger partial charge is 0.497 e. The van der Waals surface area contributed by atoms with Gasteiger partial charge < -0.3 is 19.7 Å². The van der Waals surface area contributed by atoms with Crippen molar-refractivity contribution in [2.75, 3.05) is 20.2 Å². The Labute approximate surface area is 172 Å². The molecule has 29 heavy (non-hydrogen) atoms. The molecule has 0 radical (unpaired) electrons. The Kier molecular flexibility index (Phi) is 7.65. The van der Waals surface area contributed by atoms with Gasteiger partial charge in [0.15, 0.2) is 6.10 Å². The van der Waals surface area contributed by atoms with Crippen LogP contribution in [0.5, 0.6) is 5.75 Å². The van der Waals surface area contributed by atoms with Crippen LogP contribution >= 0.6 is 0 Å². The van der Waals surface area contributed by atoms with Crippen LogP contribution < -0.4 is 10.1 Å². The number of esters is 1. The first-order chi connectivity index (χ1) is 13.6. The van der Waals surface area contributed by atoms with Crippen LogP contribution in [0.15, 0.2) is 24.3 Å². The molecule has 1 aliphatic rings. The molecule has 0 aromatic heterocycles. The van der Waals surface area contributed by atoms with E-state index in [1.165, 1.54) is 0 Å². The molecule has 7 heteroatoms. The van der Waals surface area contributed by atoms with Crippen LogP contribution in [0.4, 0.5) is 0 Å². The summed E-state index contributed by atoms with van der Waals surface area (Å²) >= 11 is 0. The average Bonchev–Trinajstić information content (AvgIpc) is 2.71. The zero-order valence-corrected chi connectivity index (χ0v) is 18.0. The van der Waals surface area contributed by atoms with Crippen molar-refractivity contribution in [3.05, 3.63) is 29.8 Å². The summed E-state index contributed by atoms with van der Waals surface area (Å²) in [4.78, 5) is 38.8. The van der Waals surface area contributed by atoms with Gasteiger partial charge >= 0.3 is 5.97 Å². The van der Waals surface area contributed by atoms with Crippen molar-refractivity contribution in [3.8, 4) is 5.75 Å². The predicted molar refractivity (Wildman–Crippen MR) is 109 cm³/mol. The molecule has 1 fully saturated rings. The van der Waals surface area contributed by atoms with Gasteiger partial charge in [-0.25, -0.2) is 0 Å². The lowest BCUT2D eigenvalue weighted by molar-refractivity contribution is -0.161. The van der Waals surface area contributed by atoms with E-state index in [0.29, 0.717) is 32.5 Å². The van der Waals surface area contributed by atoms with E-state index < -0.39 is 11.5 Å². The van der Waals surface area contributed by atoms with Crippen LogP contribution in [0, 0.1) is 11.3 Å². The fourth-order valence-electron chi connectivity index (χ4n) is 3.19. The van der Waals surface area contributed by atoms with E-state index in [1.807, 2.05) is 45.0 Å². The molecular weight excluding hydrogens is 372 g/mol. The molecule has 2 rings (SSSR count). The number of amides is 2. The molecule has 160 valence electrons. The first-order valence-electron chi connectivity index (χ1n) is 10.0. The highest BCUT2D eigenvalue weighted by Crippen LogP contribution is 2.24.